The highest BCUT2D eigenvalue weighted by Crippen LogP contribution is 2.20. The Morgan fingerprint density at radius 1 is 1.21 bits per heavy atom. The maximum absolute atomic E-state index is 11.1. The first-order valence-corrected chi connectivity index (χ1v) is 10.6. The molecule has 1 atom stereocenters. The molecular formula is C22H37IN4O2. The van der Waals surface area contributed by atoms with Gasteiger partial charge in [0.25, 0.3) is 0 Å². The lowest BCUT2D eigenvalue weighted by Gasteiger charge is -2.23. The van der Waals surface area contributed by atoms with E-state index < -0.39 is 0 Å². The quantitative estimate of drug-likeness (QED) is 0.155. The molecule has 0 aromatic heterocycles. The van der Waals surface area contributed by atoms with Gasteiger partial charge in [-0.1, -0.05) is 36.8 Å². The second kappa shape index (κ2) is 15.5. The van der Waals surface area contributed by atoms with E-state index in [4.69, 9.17) is 4.99 Å². The zero-order chi connectivity index (χ0) is 20.0. The lowest BCUT2D eigenvalue weighted by atomic mass is 10.2. The molecule has 6 nitrogen and oxygen atoms in total. The molecule has 1 saturated heterocycles. The Balaban J connectivity index is 0.00000420. The molecule has 7 heteroatoms. The van der Waals surface area contributed by atoms with E-state index in [1.54, 1.807) is 0 Å². The number of aliphatic imine (C=N–C) groups is 1. The van der Waals surface area contributed by atoms with E-state index in [9.17, 15) is 4.79 Å². The summed E-state index contributed by atoms with van der Waals surface area (Å²) in [5.74, 6) is 0.765. The van der Waals surface area contributed by atoms with E-state index in [1.165, 1.54) is 25.5 Å². The standard InChI is InChI=1S/C22H36N4O2.HI/c1-3-23-22(24-15-9-5-8-14-21(27)28-2)25-17-20-13-10-16-26(20)18-19-11-6-4-7-12-19;/h4,6-7,11-12,20H,3,5,8-10,13-18H2,1-2H3,(H2,23,24,25);1H. The summed E-state index contributed by atoms with van der Waals surface area (Å²) in [5.41, 5.74) is 1.37. The summed E-state index contributed by atoms with van der Waals surface area (Å²) >= 11 is 0. The number of ether oxygens (including phenoxy) is 1. The lowest BCUT2D eigenvalue weighted by Crippen LogP contribution is -2.39. The number of rotatable bonds is 11. The number of methoxy groups -OCH3 is 1. The smallest absolute Gasteiger partial charge is 0.305 e. The van der Waals surface area contributed by atoms with Crippen LogP contribution in [0.15, 0.2) is 35.3 Å². The molecule has 164 valence electrons. The molecule has 29 heavy (non-hydrogen) atoms. The van der Waals surface area contributed by atoms with Crippen molar-refractivity contribution in [2.45, 2.75) is 58.0 Å². The minimum Gasteiger partial charge on any atom is -0.469 e. The SMILES string of the molecule is CCNC(=NCC1CCCN1Cc1ccccc1)NCCCCCC(=O)OC.I. The predicted molar refractivity (Wildman–Crippen MR) is 130 cm³/mol. The van der Waals surface area contributed by atoms with Gasteiger partial charge >= 0.3 is 5.97 Å². The van der Waals surface area contributed by atoms with Crippen molar-refractivity contribution in [3.63, 3.8) is 0 Å². The van der Waals surface area contributed by atoms with Crippen molar-refractivity contribution in [2.24, 2.45) is 4.99 Å². The highest BCUT2D eigenvalue weighted by atomic mass is 127. The minimum atomic E-state index is -0.125. The van der Waals surface area contributed by atoms with Gasteiger partial charge in [-0.15, -0.1) is 24.0 Å². The van der Waals surface area contributed by atoms with Crippen molar-refractivity contribution >= 4 is 35.9 Å². The van der Waals surface area contributed by atoms with Crippen LogP contribution in [-0.4, -0.2) is 56.2 Å². The first-order chi connectivity index (χ1) is 13.7. The Hall–Kier alpha value is -1.35. The topological polar surface area (TPSA) is 66.0 Å². The molecule has 1 aromatic rings. The summed E-state index contributed by atoms with van der Waals surface area (Å²) < 4.78 is 4.67. The van der Waals surface area contributed by atoms with Crippen LogP contribution in [0.25, 0.3) is 0 Å². The van der Waals surface area contributed by atoms with Gasteiger partial charge in [0.05, 0.1) is 13.7 Å². The van der Waals surface area contributed by atoms with E-state index in [0.717, 1.165) is 57.9 Å². The molecule has 1 aliphatic rings. The molecule has 1 aromatic carbocycles. The molecule has 1 aliphatic heterocycles. The number of benzene rings is 1. The van der Waals surface area contributed by atoms with Gasteiger partial charge in [-0.2, -0.15) is 0 Å². The van der Waals surface area contributed by atoms with Crippen LogP contribution in [0, 0.1) is 0 Å². The third kappa shape index (κ3) is 10.3. The fourth-order valence-electron chi connectivity index (χ4n) is 3.55. The molecule has 0 bridgehead atoms. The fraction of sp³-hybridized carbons (Fsp3) is 0.636. The summed E-state index contributed by atoms with van der Waals surface area (Å²) in [4.78, 5) is 18.5. The number of guanidine groups is 1. The van der Waals surface area contributed by atoms with Gasteiger partial charge in [0.2, 0.25) is 0 Å². The van der Waals surface area contributed by atoms with Gasteiger partial charge in [0.1, 0.15) is 0 Å². The first-order valence-electron chi connectivity index (χ1n) is 10.6. The Morgan fingerprint density at radius 3 is 2.72 bits per heavy atom. The van der Waals surface area contributed by atoms with E-state index in [1.807, 2.05) is 0 Å². The van der Waals surface area contributed by atoms with Crippen molar-refractivity contribution in [2.75, 3.05) is 33.3 Å². The van der Waals surface area contributed by atoms with Crippen LogP contribution in [0.5, 0.6) is 0 Å². The number of nitrogens with one attached hydrogen (secondary N) is 2. The molecule has 0 saturated carbocycles. The number of esters is 1. The van der Waals surface area contributed by atoms with Crippen molar-refractivity contribution in [3.05, 3.63) is 35.9 Å². The number of hydrogen-bond acceptors (Lipinski definition) is 4. The molecule has 0 radical (unpaired) electrons. The number of carbonyl (C=O) groups is 1. The lowest BCUT2D eigenvalue weighted by molar-refractivity contribution is -0.140. The van der Waals surface area contributed by atoms with Crippen LogP contribution in [0.4, 0.5) is 0 Å². The number of likely N-dealkylation sites (tertiary alicyclic amines) is 1. The molecule has 0 aliphatic carbocycles. The van der Waals surface area contributed by atoms with E-state index in [0.29, 0.717) is 12.5 Å². The zero-order valence-corrected chi connectivity index (χ0v) is 20.2. The molecule has 1 heterocycles. The van der Waals surface area contributed by atoms with Crippen LogP contribution in [0.3, 0.4) is 0 Å². The summed E-state index contributed by atoms with van der Waals surface area (Å²) in [6.07, 6.45) is 5.86. The molecule has 1 unspecified atom stereocenters. The number of carbonyl (C=O) groups excluding carboxylic acids is 1. The number of unbranched alkanes of at least 4 members (excludes halogenated alkanes) is 2. The predicted octanol–water partition coefficient (Wildman–Crippen LogP) is 3.56. The van der Waals surface area contributed by atoms with Gasteiger partial charge in [-0.3, -0.25) is 14.7 Å². The second-order valence-electron chi connectivity index (χ2n) is 7.29. The molecule has 0 amide bonds. The van der Waals surface area contributed by atoms with Crippen molar-refractivity contribution in [1.29, 1.82) is 0 Å². The average molecular weight is 516 g/mol. The molecule has 0 spiro atoms. The zero-order valence-electron chi connectivity index (χ0n) is 17.9. The van der Waals surface area contributed by atoms with Gasteiger partial charge < -0.3 is 15.4 Å². The molecule has 1 fully saturated rings. The van der Waals surface area contributed by atoms with Crippen LogP contribution in [-0.2, 0) is 16.1 Å². The minimum absolute atomic E-state index is 0. The van der Waals surface area contributed by atoms with Gasteiger partial charge in [0.15, 0.2) is 5.96 Å². The molecular weight excluding hydrogens is 479 g/mol. The number of nitrogens with zero attached hydrogens (tertiary/aromatic N) is 2. The van der Waals surface area contributed by atoms with Crippen LogP contribution in [0.1, 0.15) is 51.0 Å². The van der Waals surface area contributed by atoms with Gasteiger partial charge in [0, 0.05) is 32.1 Å². The highest BCUT2D eigenvalue weighted by Gasteiger charge is 2.24. The van der Waals surface area contributed by atoms with E-state index in [2.05, 4.69) is 57.5 Å². The van der Waals surface area contributed by atoms with E-state index in [-0.39, 0.29) is 29.9 Å². The molecule has 2 N–H and O–H groups in total. The highest BCUT2D eigenvalue weighted by molar-refractivity contribution is 14.0. The van der Waals surface area contributed by atoms with Crippen LogP contribution >= 0.6 is 24.0 Å². The van der Waals surface area contributed by atoms with Crippen molar-refractivity contribution in [1.82, 2.24) is 15.5 Å². The average Bonchev–Trinajstić information content (AvgIpc) is 3.16. The Labute approximate surface area is 192 Å². The maximum atomic E-state index is 11.1. The van der Waals surface area contributed by atoms with Crippen molar-refractivity contribution < 1.29 is 9.53 Å². The largest absolute Gasteiger partial charge is 0.469 e. The van der Waals surface area contributed by atoms with Gasteiger partial charge in [-0.05, 0) is 44.7 Å². The third-order valence-corrected chi connectivity index (χ3v) is 5.11. The van der Waals surface area contributed by atoms with Crippen LogP contribution in [0.2, 0.25) is 0 Å². The Morgan fingerprint density at radius 2 is 2.00 bits per heavy atom. The summed E-state index contributed by atoms with van der Waals surface area (Å²) in [7, 11) is 1.44. The summed E-state index contributed by atoms with van der Waals surface area (Å²) in [6, 6.07) is 11.2. The Kier molecular flexibility index (Phi) is 13.7. The third-order valence-electron chi connectivity index (χ3n) is 5.11. The summed E-state index contributed by atoms with van der Waals surface area (Å²) in [6.45, 7) is 6.79. The first kappa shape index (κ1) is 25.7. The van der Waals surface area contributed by atoms with Crippen LogP contribution < -0.4 is 10.6 Å². The monoisotopic (exact) mass is 516 g/mol. The van der Waals surface area contributed by atoms with Crippen molar-refractivity contribution in [3.8, 4) is 0 Å². The summed E-state index contributed by atoms with van der Waals surface area (Å²) in [5, 5.41) is 6.75. The maximum Gasteiger partial charge on any atom is 0.305 e. The number of hydrogen-bond donors (Lipinski definition) is 2. The second-order valence-corrected chi connectivity index (χ2v) is 7.29. The normalized spacial score (nSPS) is 16.9. The van der Waals surface area contributed by atoms with Gasteiger partial charge in [-0.25, -0.2) is 0 Å². The van der Waals surface area contributed by atoms with E-state index >= 15 is 0 Å². The number of halogens is 1. The molecule has 2 rings (SSSR count). The fourth-order valence-corrected chi connectivity index (χ4v) is 3.55. The Bertz CT molecular complexity index is 598.